The summed E-state index contributed by atoms with van der Waals surface area (Å²) < 4.78 is 39.2. The molecule has 0 saturated carbocycles. The molecule has 0 saturated heterocycles. The molecule has 0 bridgehead atoms. The topological polar surface area (TPSA) is 55.4 Å². The van der Waals surface area contributed by atoms with E-state index in [1.54, 1.807) is 0 Å². The fraction of sp³-hybridized carbons (Fsp3) is 0.143. The van der Waals surface area contributed by atoms with Crippen molar-refractivity contribution in [1.29, 1.82) is 0 Å². The van der Waals surface area contributed by atoms with Gasteiger partial charge in [0.2, 0.25) is 0 Å². The third-order valence-electron chi connectivity index (χ3n) is 9.50. The molecule has 0 aliphatic carbocycles. The van der Waals surface area contributed by atoms with Gasteiger partial charge in [-0.25, -0.2) is 0 Å². The van der Waals surface area contributed by atoms with Crippen LogP contribution in [-0.2, 0) is 0 Å². The zero-order chi connectivity index (χ0) is 34.5. The Kier molecular flexibility index (Phi) is 7.95. The fourth-order valence-electron chi connectivity index (χ4n) is 7.12. The highest BCUT2D eigenvalue weighted by Crippen LogP contribution is 2.47. The molecule has 50 heavy (non-hydrogen) atoms. The lowest BCUT2D eigenvalue weighted by molar-refractivity contribution is 0.309. The van der Waals surface area contributed by atoms with Crippen molar-refractivity contribution in [2.24, 2.45) is 0 Å². The average molecular weight is 658 g/mol. The second kappa shape index (κ2) is 12.6. The average Bonchev–Trinajstić information content (AvgIpc) is 3.35. The number of fused-ring (bicyclic) bond motifs is 6. The van der Waals surface area contributed by atoms with Crippen LogP contribution in [0.2, 0.25) is 0 Å². The molecule has 6 aromatic carbocycles. The second-order valence-electron chi connectivity index (χ2n) is 13.0. The van der Waals surface area contributed by atoms with Crippen LogP contribution in [0, 0.1) is 41.5 Å². The summed E-state index contributed by atoms with van der Waals surface area (Å²) in [5.74, 6) is 3.97. The van der Waals surface area contributed by atoms with E-state index in [0.717, 1.165) is 66.8 Å². The van der Waals surface area contributed by atoms with Crippen LogP contribution in [0.3, 0.4) is 0 Å². The van der Waals surface area contributed by atoms with Crippen LogP contribution in [0.25, 0.3) is 33.4 Å². The summed E-state index contributed by atoms with van der Waals surface area (Å²) in [6, 6.07) is 36.0. The van der Waals surface area contributed by atoms with Gasteiger partial charge in [-0.3, -0.25) is 0 Å². The number of aryl methyl sites for hydroxylation is 6. The Morgan fingerprint density at radius 2 is 0.560 bits per heavy atom. The van der Waals surface area contributed by atoms with Gasteiger partial charge in [0, 0.05) is 33.4 Å². The molecule has 8 rings (SSSR count). The fourth-order valence-corrected chi connectivity index (χ4v) is 7.12. The lowest BCUT2D eigenvalue weighted by Crippen LogP contribution is -2.37. The molecule has 0 atom stereocenters. The van der Waals surface area contributed by atoms with Gasteiger partial charge in [-0.15, -0.1) is 0 Å². The smallest absolute Gasteiger partial charge is 0.489 e. The molecular weight excluding hydrogens is 622 g/mol. The van der Waals surface area contributed by atoms with Crippen LogP contribution >= 0.6 is 0 Å². The maximum absolute atomic E-state index is 6.67. The van der Waals surface area contributed by atoms with Crippen LogP contribution in [0.15, 0.2) is 109 Å². The van der Waals surface area contributed by atoms with E-state index >= 15 is 0 Å². The van der Waals surface area contributed by atoms with Gasteiger partial charge in [0.1, 0.15) is 34.5 Å². The standard InChI is InChI=1S/C42H36B2O6/c1-25-13-7-19-31-37(25)38-26(2)14-8-20-32(38)46-43(45-31)49-35-23-11-17-29(5)41(35)42-30(6)18-12-24-36(42)50-44-47-33-21-9-15-27(3)39(33)40-28(4)16-10-22-34(40)48-44/h7-24H,1-6H3. The molecule has 0 unspecified atom stereocenters. The molecule has 0 N–H and O–H groups in total. The van der Waals surface area contributed by atoms with E-state index in [1.165, 1.54) is 0 Å². The highest BCUT2D eigenvalue weighted by atomic mass is 16.7. The van der Waals surface area contributed by atoms with E-state index in [4.69, 9.17) is 27.9 Å². The minimum absolute atomic E-state index is 0.587. The molecule has 0 aromatic heterocycles. The Hall–Kier alpha value is -5.75. The molecule has 8 heteroatoms. The van der Waals surface area contributed by atoms with Gasteiger partial charge in [0.15, 0.2) is 0 Å². The minimum Gasteiger partial charge on any atom is -0.489 e. The zero-order valence-electron chi connectivity index (χ0n) is 29.0. The first-order chi connectivity index (χ1) is 24.3. The van der Waals surface area contributed by atoms with Crippen molar-refractivity contribution < 1.29 is 27.9 Å². The van der Waals surface area contributed by atoms with Crippen molar-refractivity contribution in [3.8, 4) is 67.9 Å². The van der Waals surface area contributed by atoms with Gasteiger partial charge >= 0.3 is 14.6 Å². The van der Waals surface area contributed by atoms with E-state index in [0.29, 0.717) is 34.5 Å². The van der Waals surface area contributed by atoms with Crippen molar-refractivity contribution >= 4 is 14.6 Å². The third-order valence-corrected chi connectivity index (χ3v) is 9.50. The van der Waals surface area contributed by atoms with Crippen molar-refractivity contribution in [1.82, 2.24) is 0 Å². The van der Waals surface area contributed by atoms with Crippen molar-refractivity contribution in [2.45, 2.75) is 41.5 Å². The van der Waals surface area contributed by atoms with E-state index < -0.39 is 14.6 Å². The highest BCUT2D eigenvalue weighted by Gasteiger charge is 2.39. The lowest BCUT2D eigenvalue weighted by Gasteiger charge is -2.22. The number of hydrogen-bond acceptors (Lipinski definition) is 6. The molecule has 2 aliphatic heterocycles. The molecular formula is C42H36B2O6. The molecule has 0 fully saturated rings. The van der Waals surface area contributed by atoms with Crippen LogP contribution in [0.1, 0.15) is 33.4 Å². The number of benzene rings is 6. The van der Waals surface area contributed by atoms with Crippen LogP contribution < -0.4 is 27.9 Å². The zero-order valence-corrected chi connectivity index (χ0v) is 29.0. The van der Waals surface area contributed by atoms with Gasteiger partial charge in [0.25, 0.3) is 0 Å². The van der Waals surface area contributed by atoms with Crippen molar-refractivity contribution in [3.63, 3.8) is 0 Å². The van der Waals surface area contributed by atoms with E-state index in [1.807, 2.05) is 72.8 Å². The molecule has 2 heterocycles. The summed E-state index contributed by atoms with van der Waals surface area (Å²) in [4.78, 5) is 0. The van der Waals surface area contributed by atoms with E-state index in [9.17, 15) is 0 Å². The van der Waals surface area contributed by atoms with Crippen LogP contribution in [-0.4, -0.2) is 14.6 Å². The molecule has 2 aliphatic rings. The van der Waals surface area contributed by atoms with Gasteiger partial charge < -0.3 is 27.9 Å². The van der Waals surface area contributed by atoms with Gasteiger partial charge in [-0.2, -0.15) is 0 Å². The normalized spacial score (nSPS) is 12.8. The molecule has 0 spiro atoms. The van der Waals surface area contributed by atoms with Crippen molar-refractivity contribution in [3.05, 3.63) is 143 Å². The minimum atomic E-state index is -1.06. The lowest BCUT2D eigenvalue weighted by atomic mass is 9.94. The summed E-state index contributed by atoms with van der Waals surface area (Å²) in [5.41, 5.74) is 12.1. The predicted octanol–water partition coefficient (Wildman–Crippen LogP) is 10.2. The maximum Gasteiger partial charge on any atom is 0.864 e. The first-order valence-electron chi connectivity index (χ1n) is 16.9. The molecule has 6 nitrogen and oxygen atoms in total. The molecule has 0 amide bonds. The summed E-state index contributed by atoms with van der Waals surface area (Å²) in [6.45, 7) is 12.4. The maximum atomic E-state index is 6.67. The quantitative estimate of drug-likeness (QED) is 0.172. The number of hydrogen-bond donors (Lipinski definition) is 0. The van der Waals surface area contributed by atoms with Crippen LogP contribution in [0.4, 0.5) is 0 Å². The summed E-state index contributed by atoms with van der Waals surface area (Å²) in [5, 5.41) is 0. The third kappa shape index (κ3) is 5.51. The van der Waals surface area contributed by atoms with Crippen LogP contribution in [0.5, 0.6) is 34.5 Å². The van der Waals surface area contributed by atoms with Gasteiger partial charge in [0.05, 0.1) is 0 Å². The number of rotatable bonds is 5. The van der Waals surface area contributed by atoms with Gasteiger partial charge in [-0.05, 0) is 111 Å². The Morgan fingerprint density at radius 1 is 0.320 bits per heavy atom. The Bertz CT molecular complexity index is 2020. The molecule has 246 valence electrons. The Balaban J connectivity index is 1.18. The first kappa shape index (κ1) is 31.5. The monoisotopic (exact) mass is 658 g/mol. The second-order valence-corrected chi connectivity index (χ2v) is 13.0. The summed E-state index contributed by atoms with van der Waals surface area (Å²) in [6.07, 6.45) is 0. The highest BCUT2D eigenvalue weighted by molar-refractivity contribution is 6.41. The predicted molar refractivity (Wildman–Crippen MR) is 199 cm³/mol. The summed E-state index contributed by atoms with van der Waals surface area (Å²) >= 11 is 0. The van der Waals surface area contributed by atoms with E-state index in [-0.39, 0.29) is 0 Å². The summed E-state index contributed by atoms with van der Waals surface area (Å²) in [7, 11) is -2.11. The molecule has 6 aromatic rings. The van der Waals surface area contributed by atoms with Crippen molar-refractivity contribution in [2.75, 3.05) is 0 Å². The Labute approximate surface area is 293 Å². The first-order valence-corrected chi connectivity index (χ1v) is 16.9. The van der Waals surface area contributed by atoms with Gasteiger partial charge in [-0.1, -0.05) is 72.8 Å². The Morgan fingerprint density at radius 3 is 0.840 bits per heavy atom. The molecule has 0 radical (unpaired) electrons. The SMILES string of the molecule is Cc1cccc(OB2Oc3cccc(C)c3-c3c(C)cccc3O2)c1-c1c(C)cccc1OB1Oc2cccc(C)c2-c2c(C)cccc2O1. The van der Waals surface area contributed by atoms with E-state index in [2.05, 4.69) is 77.9 Å². The largest absolute Gasteiger partial charge is 0.864 e.